The van der Waals surface area contributed by atoms with Crippen molar-refractivity contribution in [3.8, 4) is 0 Å². The molecule has 2 radical (unpaired) electrons. The smallest absolute Gasteiger partial charge is 0.381 e. The van der Waals surface area contributed by atoms with E-state index in [4.69, 9.17) is 4.46 Å². The van der Waals surface area contributed by atoms with Crippen LogP contribution in [0, 0.1) is 84.2 Å². The van der Waals surface area contributed by atoms with E-state index in [-0.39, 0.29) is 84.2 Å². The van der Waals surface area contributed by atoms with Crippen LogP contribution in [0.25, 0.3) is 0 Å². The summed E-state index contributed by atoms with van der Waals surface area (Å²) in [5.74, 6) is 0. The zero-order valence-corrected chi connectivity index (χ0v) is 6.03. The van der Waals surface area contributed by atoms with Crippen LogP contribution in [0.5, 0.6) is 0 Å². The molecule has 0 aromatic heterocycles. The van der Waals surface area contributed by atoms with Crippen molar-refractivity contribution in [2.75, 3.05) is 0 Å². The zero-order valence-electron chi connectivity index (χ0n) is 1.46. The van der Waals surface area contributed by atoms with E-state index in [0.717, 1.165) is 0 Å². The Labute approximate surface area is 96.2 Å². The summed E-state index contributed by atoms with van der Waals surface area (Å²) in [6.45, 7) is 0. The first kappa shape index (κ1) is 15.9. The van der Waals surface area contributed by atoms with Crippen LogP contribution in [0.3, 0.4) is 0 Å². The van der Waals surface area contributed by atoms with Gasteiger partial charge in [-0.2, -0.15) is 0 Å². The molecule has 0 aliphatic heterocycles. The molecule has 0 spiro atoms. The molecule has 0 N–H and O–H groups in total. The van der Waals surface area contributed by atoms with Gasteiger partial charge < -0.3 is 4.46 Å². The number of hydrogen-bond donors (Lipinski definition) is 0. The SMILES string of the molecule is O=[Si].[Er].[Yb]. The predicted molar refractivity (Wildman–Crippen MR) is 6.44 cm³/mol. The molecule has 4 heavy (non-hydrogen) atoms. The van der Waals surface area contributed by atoms with Gasteiger partial charge in [0.05, 0.1) is 0 Å². The van der Waals surface area contributed by atoms with E-state index in [9.17, 15) is 0 Å². The van der Waals surface area contributed by atoms with Crippen LogP contribution in [0.1, 0.15) is 0 Å². The van der Waals surface area contributed by atoms with Crippen molar-refractivity contribution in [1.29, 1.82) is 0 Å². The van der Waals surface area contributed by atoms with E-state index in [1.54, 1.807) is 10.1 Å². The van der Waals surface area contributed by atoms with E-state index in [2.05, 4.69) is 0 Å². The second-order valence-electron chi connectivity index (χ2n) is 0. The Hall–Kier alpha value is 2.78. The average Bonchev–Trinajstić information content (AvgIpc) is 1.00. The van der Waals surface area contributed by atoms with Crippen molar-refractivity contribution in [2.24, 2.45) is 0 Å². The Bertz CT molecular complexity index is 8.00. The minimum Gasteiger partial charge on any atom is -0.381 e. The fourth-order valence-corrected chi connectivity index (χ4v) is 0. The monoisotopic (exact) mass is 384 g/mol. The second-order valence-corrected chi connectivity index (χ2v) is 0. The first-order chi connectivity index (χ1) is 1.00. The molecule has 0 fully saturated rings. The molecular formula is ErOSiYb. The first-order valence-electron chi connectivity index (χ1n) is 0.204. The summed E-state index contributed by atoms with van der Waals surface area (Å²) in [6.07, 6.45) is 0. The Morgan fingerprint density at radius 2 is 1.25 bits per heavy atom. The second kappa shape index (κ2) is 17.1. The molecule has 4 heteroatoms. The molecule has 0 aliphatic carbocycles. The van der Waals surface area contributed by atoms with Crippen molar-refractivity contribution in [2.45, 2.75) is 0 Å². The maximum atomic E-state index is 8.06. The van der Waals surface area contributed by atoms with E-state index in [1.165, 1.54) is 0 Å². The zero-order chi connectivity index (χ0) is 2.00. The fraction of sp³-hybridized carbons (Fsp3) is 0. The minimum atomic E-state index is 0. The van der Waals surface area contributed by atoms with Gasteiger partial charge in [0.15, 0.2) is 0 Å². The summed E-state index contributed by atoms with van der Waals surface area (Å²) < 4.78 is 8.06. The van der Waals surface area contributed by atoms with E-state index in [0.29, 0.717) is 0 Å². The molecule has 0 saturated heterocycles. The molecule has 0 amide bonds. The summed E-state index contributed by atoms with van der Waals surface area (Å²) in [7, 11) is 1.72. The largest absolute Gasteiger partial charge is 0.381 e. The molecule has 0 atom stereocenters. The van der Waals surface area contributed by atoms with Gasteiger partial charge in [0.25, 0.3) is 0 Å². The van der Waals surface area contributed by atoms with Crippen LogP contribution >= 0.6 is 0 Å². The van der Waals surface area contributed by atoms with Gasteiger partial charge in [0, 0.05) is 84.2 Å². The Kier molecular flexibility index (Phi) is 67.7. The van der Waals surface area contributed by atoms with Crippen molar-refractivity contribution in [3.63, 3.8) is 0 Å². The molecule has 0 saturated carbocycles. The molecule has 36 valence electrons. The van der Waals surface area contributed by atoms with Crippen LogP contribution in [0.4, 0.5) is 0 Å². The molecular weight excluding hydrogens is 384 g/mol. The quantitative estimate of drug-likeness (QED) is 0.515. The third-order valence-corrected chi connectivity index (χ3v) is 0. The Morgan fingerprint density at radius 1 is 1.25 bits per heavy atom. The minimum absolute atomic E-state index is 0. The van der Waals surface area contributed by atoms with Gasteiger partial charge in [-0.05, 0) is 0 Å². The van der Waals surface area contributed by atoms with Gasteiger partial charge in [-0.3, -0.25) is 0 Å². The van der Waals surface area contributed by atoms with Gasteiger partial charge in [-0.25, -0.2) is 0 Å². The maximum Gasteiger partial charge on any atom is 0.381 e. The van der Waals surface area contributed by atoms with E-state index >= 15 is 0 Å². The standard InChI is InChI=1S/Er.OSi.Yb/c;1-2;. The fourth-order valence-electron chi connectivity index (χ4n) is 0. The van der Waals surface area contributed by atoms with Gasteiger partial charge in [0.1, 0.15) is 0 Å². The normalized spacial score (nSPS) is 1.00. The Balaban J connectivity index is -0.00000000500. The molecule has 0 bridgehead atoms. The number of rotatable bonds is 0. The van der Waals surface area contributed by atoms with Crippen molar-refractivity contribution < 1.29 is 88.7 Å². The molecule has 0 unspecified atom stereocenters. The van der Waals surface area contributed by atoms with Crippen LogP contribution in [-0.2, 0) is 4.46 Å². The third-order valence-electron chi connectivity index (χ3n) is 0. The summed E-state index contributed by atoms with van der Waals surface area (Å²) in [4.78, 5) is 0. The molecule has 0 aromatic rings. The summed E-state index contributed by atoms with van der Waals surface area (Å²) in [6, 6.07) is 0. The third kappa shape index (κ3) is 8.84. The van der Waals surface area contributed by atoms with Crippen molar-refractivity contribution >= 4 is 10.1 Å². The average molecular weight is 384 g/mol. The molecule has 1 nitrogen and oxygen atoms in total. The molecule has 0 aliphatic rings. The number of hydrogen-bond acceptors (Lipinski definition) is 1. The van der Waals surface area contributed by atoms with E-state index in [1.807, 2.05) is 0 Å². The van der Waals surface area contributed by atoms with Gasteiger partial charge in [-0.1, -0.05) is 0 Å². The topological polar surface area (TPSA) is 17.1 Å². The van der Waals surface area contributed by atoms with Gasteiger partial charge in [0.2, 0.25) is 0 Å². The van der Waals surface area contributed by atoms with Crippen molar-refractivity contribution in [1.82, 2.24) is 0 Å². The first-order valence-corrected chi connectivity index (χ1v) is 0.612. The Morgan fingerprint density at radius 3 is 1.25 bits per heavy atom. The van der Waals surface area contributed by atoms with Crippen LogP contribution in [-0.4, -0.2) is 10.1 Å². The van der Waals surface area contributed by atoms with Crippen LogP contribution in [0.2, 0.25) is 0 Å². The van der Waals surface area contributed by atoms with Gasteiger partial charge >= 0.3 is 10.1 Å². The van der Waals surface area contributed by atoms with Crippen LogP contribution in [0.15, 0.2) is 0 Å². The predicted octanol–water partition coefficient (Wildman–Crippen LogP) is -0.500. The van der Waals surface area contributed by atoms with Crippen LogP contribution < -0.4 is 0 Å². The maximum absolute atomic E-state index is 8.06. The molecule has 0 heterocycles. The van der Waals surface area contributed by atoms with E-state index < -0.39 is 0 Å². The summed E-state index contributed by atoms with van der Waals surface area (Å²) in [5.41, 5.74) is 0. The van der Waals surface area contributed by atoms with Crippen molar-refractivity contribution in [3.05, 3.63) is 0 Å². The molecule has 0 rings (SSSR count). The van der Waals surface area contributed by atoms with Gasteiger partial charge in [-0.15, -0.1) is 0 Å². The summed E-state index contributed by atoms with van der Waals surface area (Å²) in [5, 5.41) is 0. The molecule has 0 aromatic carbocycles. The summed E-state index contributed by atoms with van der Waals surface area (Å²) >= 11 is 0.